The van der Waals surface area contributed by atoms with Gasteiger partial charge in [-0.1, -0.05) is 96.8 Å². The molecule has 1 unspecified atom stereocenters. The molecule has 0 aromatic rings. The van der Waals surface area contributed by atoms with Crippen LogP contribution in [0.25, 0.3) is 0 Å². The minimum Gasteiger partial charge on any atom is -0.379 e. The normalized spacial score (nSPS) is 11.5. The molecule has 0 radical (unpaired) electrons. The van der Waals surface area contributed by atoms with Crippen molar-refractivity contribution >= 4 is 0 Å². The number of ether oxygens (including phenoxy) is 3. The number of rotatable bonds is 32. The molecule has 0 aromatic heterocycles. The third kappa shape index (κ3) is 41.3. The summed E-state index contributed by atoms with van der Waals surface area (Å²) in [6.07, 6.45) is 27.5. The molecule has 41 heavy (non-hydrogen) atoms. The Kier molecular flexibility index (Phi) is 42.5. The van der Waals surface area contributed by atoms with Gasteiger partial charge in [0.15, 0.2) is 0 Å². The number of nitrogens with one attached hydrogen (secondary N) is 1. The van der Waals surface area contributed by atoms with Crippen molar-refractivity contribution in [2.75, 3.05) is 52.7 Å². The molecule has 0 amide bonds. The van der Waals surface area contributed by atoms with Crippen LogP contribution in [0.2, 0.25) is 0 Å². The highest BCUT2D eigenvalue weighted by Gasteiger charge is 2.01. The fraction of sp³-hybridized carbons (Fsp3) is 0.889. The minimum absolute atomic E-state index is 0.596. The third-order valence-electron chi connectivity index (χ3n) is 7.16. The lowest BCUT2D eigenvalue weighted by atomic mass is 10.1. The van der Waals surface area contributed by atoms with Gasteiger partial charge in [-0.2, -0.15) is 0 Å². The largest absolute Gasteiger partial charge is 0.379 e. The quantitative estimate of drug-likeness (QED) is 0.0472. The molecule has 0 aliphatic carbocycles. The molecular formula is C36H72N2O3. The standard InChI is InChI=1S/C34H68N2O3.C2H4/c1-3-4-5-6-7-8-9-10-11-12-13-14-15-16-17-18-19-20-21-22-25-34(2)36-27-24-29-38-31-33-39-32-30-37-28-23-26-35;1-2/h34,36H,3-13,16-33,35H2,1-2H3;1-2H2. The lowest BCUT2D eigenvalue weighted by Gasteiger charge is -2.13. The molecule has 0 saturated carbocycles. The van der Waals surface area contributed by atoms with Gasteiger partial charge in [-0.05, 0) is 52.1 Å². The first-order chi connectivity index (χ1) is 20.3. The third-order valence-corrected chi connectivity index (χ3v) is 7.16. The molecule has 5 heteroatoms. The van der Waals surface area contributed by atoms with Crippen molar-refractivity contribution in [1.82, 2.24) is 5.32 Å². The lowest BCUT2D eigenvalue weighted by Crippen LogP contribution is -2.27. The number of nitrogens with two attached hydrogens (primary N) is 1. The van der Waals surface area contributed by atoms with Gasteiger partial charge in [0.05, 0.1) is 26.4 Å². The number of unbranched alkanes of at least 4 members (excludes halogenated alkanes) is 16. The van der Waals surface area contributed by atoms with E-state index >= 15 is 0 Å². The van der Waals surface area contributed by atoms with Crippen LogP contribution in [-0.4, -0.2) is 58.8 Å². The first-order valence-electron chi connectivity index (χ1n) is 17.4. The summed E-state index contributed by atoms with van der Waals surface area (Å²) in [6.45, 7) is 16.4. The number of hydrogen-bond donors (Lipinski definition) is 2. The summed E-state index contributed by atoms with van der Waals surface area (Å²) in [7, 11) is 0. The van der Waals surface area contributed by atoms with Gasteiger partial charge in [0.25, 0.3) is 0 Å². The van der Waals surface area contributed by atoms with Crippen LogP contribution < -0.4 is 11.1 Å². The molecule has 0 aromatic carbocycles. The average Bonchev–Trinajstić information content (AvgIpc) is 2.99. The molecule has 5 nitrogen and oxygen atoms in total. The van der Waals surface area contributed by atoms with Crippen molar-refractivity contribution in [2.24, 2.45) is 5.73 Å². The summed E-state index contributed by atoms with van der Waals surface area (Å²) in [5.74, 6) is 6.80. The van der Waals surface area contributed by atoms with E-state index < -0.39 is 0 Å². The molecule has 0 bridgehead atoms. The van der Waals surface area contributed by atoms with E-state index in [4.69, 9.17) is 19.9 Å². The van der Waals surface area contributed by atoms with Gasteiger partial charge in [-0.15, -0.1) is 25.0 Å². The lowest BCUT2D eigenvalue weighted by molar-refractivity contribution is 0.0140. The molecule has 0 saturated heterocycles. The summed E-state index contributed by atoms with van der Waals surface area (Å²) in [5.41, 5.74) is 5.42. The molecule has 0 aliphatic rings. The predicted molar refractivity (Wildman–Crippen MR) is 181 cm³/mol. The Morgan fingerprint density at radius 1 is 0.561 bits per heavy atom. The van der Waals surface area contributed by atoms with Crippen molar-refractivity contribution < 1.29 is 14.2 Å². The molecule has 0 fully saturated rings. The molecule has 1 atom stereocenters. The highest BCUT2D eigenvalue weighted by Crippen LogP contribution is 2.12. The maximum Gasteiger partial charge on any atom is 0.0701 e. The highest BCUT2D eigenvalue weighted by molar-refractivity contribution is 4.98. The van der Waals surface area contributed by atoms with Gasteiger partial charge in [-0.25, -0.2) is 0 Å². The van der Waals surface area contributed by atoms with E-state index in [0.717, 1.165) is 45.4 Å². The van der Waals surface area contributed by atoms with Crippen molar-refractivity contribution in [2.45, 2.75) is 155 Å². The van der Waals surface area contributed by atoms with E-state index in [-0.39, 0.29) is 0 Å². The van der Waals surface area contributed by atoms with Gasteiger partial charge >= 0.3 is 0 Å². The Balaban J connectivity index is 0. The van der Waals surface area contributed by atoms with E-state index in [2.05, 4.69) is 44.2 Å². The van der Waals surface area contributed by atoms with E-state index in [1.165, 1.54) is 109 Å². The van der Waals surface area contributed by atoms with Gasteiger partial charge in [-0.3, -0.25) is 0 Å². The first-order valence-corrected chi connectivity index (χ1v) is 17.4. The van der Waals surface area contributed by atoms with Crippen LogP contribution in [0.4, 0.5) is 0 Å². The van der Waals surface area contributed by atoms with Crippen molar-refractivity contribution in [3.8, 4) is 11.8 Å². The summed E-state index contributed by atoms with van der Waals surface area (Å²) in [5, 5.41) is 3.63. The monoisotopic (exact) mass is 581 g/mol. The Labute approximate surface area is 257 Å². The first kappa shape index (κ1) is 42.2. The maximum atomic E-state index is 5.64. The zero-order valence-electron chi connectivity index (χ0n) is 27.8. The van der Waals surface area contributed by atoms with Crippen LogP contribution in [0.15, 0.2) is 13.2 Å². The smallest absolute Gasteiger partial charge is 0.0701 e. The molecule has 3 N–H and O–H groups in total. The molecule has 0 aliphatic heterocycles. The topological polar surface area (TPSA) is 65.7 Å². The fourth-order valence-electron chi connectivity index (χ4n) is 4.60. The summed E-state index contributed by atoms with van der Waals surface area (Å²) in [4.78, 5) is 0. The predicted octanol–water partition coefficient (Wildman–Crippen LogP) is 8.99. The van der Waals surface area contributed by atoms with Crippen LogP contribution in [0, 0.1) is 11.8 Å². The SMILES string of the molecule is C=C.CCCCCCCCCCCCC#CCCCCCCCCC(C)NCCCOCCOCCOCCCN. The summed E-state index contributed by atoms with van der Waals surface area (Å²) >= 11 is 0. The van der Waals surface area contributed by atoms with E-state index in [1.807, 2.05) is 0 Å². The summed E-state index contributed by atoms with van der Waals surface area (Å²) < 4.78 is 16.5. The fourth-order valence-corrected chi connectivity index (χ4v) is 4.60. The Morgan fingerprint density at radius 3 is 1.46 bits per heavy atom. The molecular weight excluding hydrogens is 508 g/mol. The Bertz CT molecular complexity index is 521. The number of hydrogen-bond acceptors (Lipinski definition) is 5. The highest BCUT2D eigenvalue weighted by atomic mass is 16.5. The van der Waals surface area contributed by atoms with Crippen LogP contribution >= 0.6 is 0 Å². The second-order valence-electron chi connectivity index (χ2n) is 11.1. The average molecular weight is 581 g/mol. The minimum atomic E-state index is 0.596. The van der Waals surface area contributed by atoms with Crippen LogP contribution in [-0.2, 0) is 14.2 Å². The Hall–Kier alpha value is -0.900. The molecule has 0 rings (SSSR count). The molecule has 0 heterocycles. The van der Waals surface area contributed by atoms with Crippen LogP contribution in [0.5, 0.6) is 0 Å². The van der Waals surface area contributed by atoms with Gasteiger partial charge in [0.2, 0.25) is 0 Å². The van der Waals surface area contributed by atoms with E-state index in [1.54, 1.807) is 0 Å². The molecule has 0 spiro atoms. The molecule has 244 valence electrons. The zero-order chi connectivity index (χ0) is 30.3. The van der Waals surface area contributed by atoms with Crippen molar-refractivity contribution in [3.05, 3.63) is 13.2 Å². The Morgan fingerprint density at radius 2 is 0.976 bits per heavy atom. The van der Waals surface area contributed by atoms with Crippen LogP contribution in [0.3, 0.4) is 0 Å². The van der Waals surface area contributed by atoms with Crippen molar-refractivity contribution in [1.29, 1.82) is 0 Å². The maximum absolute atomic E-state index is 5.64. The summed E-state index contributed by atoms with van der Waals surface area (Å²) in [6, 6.07) is 0.596. The van der Waals surface area contributed by atoms with E-state index in [0.29, 0.717) is 39.0 Å². The zero-order valence-corrected chi connectivity index (χ0v) is 27.8. The van der Waals surface area contributed by atoms with Gasteiger partial charge < -0.3 is 25.3 Å². The van der Waals surface area contributed by atoms with E-state index in [9.17, 15) is 0 Å². The van der Waals surface area contributed by atoms with Gasteiger partial charge in [0.1, 0.15) is 0 Å². The van der Waals surface area contributed by atoms with Crippen LogP contribution in [0.1, 0.15) is 149 Å². The van der Waals surface area contributed by atoms with Gasteiger partial charge in [0, 0.05) is 32.1 Å². The second kappa shape index (κ2) is 41.2. The second-order valence-corrected chi connectivity index (χ2v) is 11.1. The van der Waals surface area contributed by atoms with Crippen molar-refractivity contribution in [3.63, 3.8) is 0 Å².